The quantitative estimate of drug-likeness (QED) is 0.224. The summed E-state index contributed by atoms with van der Waals surface area (Å²) in [6.07, 6.45) is 0.894. The topological polar surface area (TPSA) is 73.7 Å². The van der Waals surface area contributed by atoms with E-state index in [-0.39, 0.29) is 47.1 Å². The van der Waals surface area contributed by atoms with Gasteiger partial charge < -0.3 is 20.9 Å². The number of rotatable bonds is 6. The summed E-state index contributed by atoms with van der Waals surface area (Å²) in [5, 5.41) is 8.73. The van der Waals surface area contributed by atoms with E-state index in [0.29, 0.717) is 34.9 Å². The van der Waals surface area contributed by atoms with Crippen molar-refractivity contribution in [1.82, 2.24) is 19.6 Å². The number of amides is 1. The molecule has 2 atom stereocenters. The van der Waals surface area contributed by atoms with Gasteiger partial charge in [-0.3, -0.25) is 9.20 Å². The summed E-state index contributed by atoms with van der Waals surface area (Å²) in [5.74, 6) is 5.22. The van der Waals surface area contributed by atoms with Gasteiger partial charge in [-0.1, -0.05) is 17.5 Å². The number of carbonyl (C=O) groups excluding carboxylic acids is 1. The van der Waals surface area contributed by atoms with Crippen molar-refractivity contribution >= 4 is 46.3 Å². The Morgan fingerprint density at radius 3 is 2.76 bits per heavy atom. The fourth-order valence-corrected chi connectivity index (χ4v) is 4.98. The zero-order chi connectivity index (χ0) is 27.4. The number of aromatic nitrogens is 2. The Bertz CT molecular complexity index is 1390. The predicted molar refractivity (Wildman–Crippen MR) is 142 cm³/mol. The highest BCUT2D eigenvalue weighted by atomic mass is 35.5. The van der Waals surface area contributed by atoms with Crippen LogP contribution >= 0.6 is 23.4 Å². The van der Waals surface area contributed by atoms with Crippen molar-refractivity contribution < 1.29 is 22.4 Å². The maximum Gasteiger partial charge on any atom is 0.447 e. The third-order valence-corrected chi connectivity index (χ3v) is 7.06. The molecule has 1 saturated heterocycles. The Hall–Kier alpha value is -3.14. The van der Waals surface area contributed by atoms with Crippen molar-refractivity contribution in [3.05, 3.63) is 52.8 Å². The number of carbonyl (C=O) groups is 1. The van der Waals surface area contributed by atoms with Crippen LogP contribution in [0, 0.1) is 11.8 Å². The minimum absolute atomic E-state index is 0.0513. The molecule has 0 bridgehead atoms. The molecule has 0 saturated carbocycles. The number of nitrogens with one attached hydrogen (secondary N) is 3. The first-order valence-corrected chi connectivity index (χ1v) is 12.9. The minimum atomic E-state index is -4.56. The Morgan fingerprint density at radius 2 is 2.08 bits per heavy atom. The lowest BCUT2D eigenvalue weighted by Crippen LogP contribution is -2.46. The highest BCUT2D eigenvalue weighted by Gasteiger charge is 2.33. The van der Waals surface area contributed by atoms with Gasteiger partial charge in [0.2, 0.25) is 0 Å². The van der Waals surface area contributed by atoms with E-state index < -0.39 is 17.7 Å². The van der Waals surface area contributed by atoms with Gasteiger partial charge in [-0.05, 0) is 49.7 Å². The van der Waals surface area contributed by atoms with E-state index >= 15 is 0 Å². The van der Waals surface area contributed by atoms with Crippen LogP contribution in [0.1, 0.15) is 22.5 Å². The molecule has 3 heterocycles. The summed E-state index contributed by atoms with van der Waals surface area (Å²) in [6.45, 7) is 1.03. The van der Waals surface area contributed by atoms with Crippen LogP contribution in [0.3, 0.4) is 0 Å². The van der Waals surface area contributed by atoms with E-state index in [4.69, 9.17) is 11.6 Å². The van der Waals surface area contributed by atoms with Crippen LogP contribution in [0.25, 0.3) is 5.65 Å². The average molecular weight is 569 g/mol. The second kappa shape index (κ2) is 11.7. The molecule has 1 aliphatic heterocycles. The SMILES string of the molecule is CNC(=O)c1ccc(NCC#Cc2nc3c(NC4CCN(C)CC4F)cccn3c2SC(F)(F)F)c(Cl)c1. The number of nitrogens with zero attached hydrogens (tertiary/aromatic N) is 3. The molecule has 3 aromatic rings. The molecule has 1 fully saturated rings. The Labute approximate surface area is 226 Å². The molecular formula is C25H25ClF4N6OS. The number of anilines is 2. The number of alkyl halides is 4. The number of benzene rings is 1. The van der Waals surface area contributed by atoms with Gasteiger partial charge in [0.1, 0.15) is 16.9 Å². The monoisotopic (exact) mass is 568 g/mol. The van der Waals surface area contributed by atoms with Crippen LogP contribution in [0.5, 0.6) is 0 Å². The molecule has 13 heteroatoms. The highest BCUT2D eigenvalue weighted by molar-refractivity contribution is 8.00. The number of hydrogen-bond acceptors (Lipinski definition) is 6. The predicted octanol–water partition coefficient (Wildman–Crippen LogP) is 4.88. The minimum Gasteiger partial charge on any atom is -0.376 e. The Balaban J connectivity index is 1.58. The summed E-state index contributed by atoms with van der Waals surface area (Å²) in [6, 6.07) is 7.47. The smallest absolute Gasteiger partial charge is 0.376 e. The van der Waals surface area contributed by atoms with E-state index in [1.165, 1.54) is 23.7 Å². The standard InChI is InChI=1S/C25H25ClF4N6OS/c1-31-23(37)15-7-8-18(16(26)13-15)32-10-3-5-21-24(38-25(28,29)30)36-11-4-6-20(22(36)34-21)33-19-9-12-35(2)14-17(19)27/h4,6-8,11,13,17,19,32-33H,9-10,12,14H2,1-2H3,(H,31,37). The number of likely N-dealkylation sites (tertiary alicyclic amines) is 1. The number of fused-ring (bicyclic) bond motifs is 1. The number of hydrogen-bond donors (Lipinski definition) is 3. The molecule has 4 rings (SSSR count). The molecule has 3 N–H and O–H groups in total. The molecule has 1 amide bonds. The lowest BCUT2D eigenvalue weighted by Gasteiger charge is -2.33. The lowest BCUT2D eigenvalue weighted by atomic mass is 10.0. The zero-order valence-electron chi connectivity index (χ0n) is 20.5. The average Bonchev–Trinajstić information content (AvgIpc) is 3.20. The van der Waals surface area contributed by atoms with E-state index in [2.05, 4.69) is 32.8 Å². The van der Waals surface area contributed by atoms with Gasteiger partial charge in [0.15, 0.2) is 5.65 Å². The first-order chi connectivity index (χ1) is 18.1. The van der Waals surface area contributed by atoms with Gasteiger partial charge in [-0.15, -0.1) is 0 Å². The van der Waals surface area contributed by atoms with Gasteiger partial charge >= 0.3 is 5.51 Å². The highest BCUT2D eigenvalue weighted by Crippen LogP contribution is 2.39. The van der Waals surface area contributed by atoms with Gasteiger partial charge in [0, 0.05) is 43.7 Å². The van der Waals surface area contributed by atoms with Crippen molar-refractivity contribution in [2.45, 2.75) is 29.2 Å². The lowest BCUT2D eigenvalue weighted by molar-refractivity contribution is -0.0330. The molecule has 2 aromatic heterocycles. The third kappa shape index (κ3) is 6.64. The van der Waals surface area contributed by atoms with Crippen molar-refractivity contribution in [2.75, 3.05) is 44.4 Å². The molecular weight excluding hydrogens is 544 g/mol. The number of piperidine rings is 1. The first kappa shape index (κ1) is 27.9. The number of thioether (sulfide) groups is 1. The van der Waals surface area contributed by atoms with Crippen molar-refractivity contribution in [1.29, 1.82) is 0 Å². The van der Waals surface area contributed by atoms with Crippen LogP contribution in [0.4, 0.5) is 28.9 Å². The van der Waals surface area contributed by atoms with Gasteiger partial charge in [0.05, 0.1) is 29.0 Å². The molecule has 1 aromatic carbocycles. The molecule has 202 valence electrons. The van der Waals surface area contributed by atoms with Gasteiger partial charge in [-0.25, -0.2) is 9.37 Å². The van der Waals surface area contributed by atoms with Crippen molar-refractivity contribution in [2.24, 2.45) is 0 Å². The molecule has 0 radical (unpaired) electrons. The maximum atomic E-state index is 14.6. The van der Waals surface area contributed by atoms with Gasteiger partial charge in [0.25, 0.3) is 5.91 Å². The fourth-order valence-electron chi connectivity index (χ4n) is 4.08. The number of imidazole rings is 1. The molecule has 0 spiro atoms. The molecule has 1 aliphatic rings. The summed E-state index contributed by atoms with van der Waals surface area (Å²) < 4.78 is 56.1. The normalized spacial score (nSPS) is 18.1. The maximum absolute atomic E-state index is 14.6. The second-order valence-electron chi connectivity index (χ2n) is 8.68. The van der Waals surface area contributed by atoms with Crippen LogP contribution in [0.2, 0.25) is 5.02 Å². The van der Waals surface area contributed by atoms with E-state index in [1.807, 2.05) is 11.9 Å². The van der Waals surface area contributed by atoms with Crippen LogP contribution in [-0.2, 0) is 0 Å². The van der Waals surface area contributed by atoms with Crippen molar-refractivity contribution in [3.8, 4) is 11.8 Å². The Morgan fingerprint density at radius 1 is 1.29 bits per heavy atom. The molecule has 38 heavy (non-hydrogen) atoms. The van der Waals surface area contributed by atoms with E-state index in [9.17, 15) is 22.4 Å². The molecule has 7 nitrogen and oxygen atoms in total. The molecule has 0 aliphatic carbocycles. The van der Waals surface area contributed by atoms with Gasteiger partial charge in [-0.2, -0.15) is 13.2 Å². The van der Waals surface area contributed by atoms with E-state index in [1.54, 1.807) is 24.3 Å². The summed E-state index contributed by atoms with van der Waals surface area (Å²) >= 11 is 5.91. The van der Waals surface area contributed by atoms with Crippen LogP contribution < -0.4 is 16.0 Å². The Kier molecular flexibility index (Phi) is 8.60. The van der Waals surface area contributed by atoms with E-state index in [0.717, 1.165) is 0 Å². The zero-order valence-corrected chi connectivity index (χ0v) is 22.1. The second-order valence-corrected chi connectivity index (χ2v) is 10.1. The third-order valence-electron chi connectivity index (χ3n) is 5.94. The number of pyridine rings is 1. The summed E-state index contributed by atoms with van der Waals surface area (Å²) in [4.78, 5) is 18.0. The summed E-state index contributed by atoms with van der Waals surface area (Å²) in [7, 11) is 3.35. The van der Waals surface area contributed by atoms with Crippen LogP contribution in [0.15, 0.2) is 41.6 Å². The fraction of sp³-hybridized carbons (Fsp3) is 0.360. The molecule has 2 unspecified atom stereocenters. The van der Waals surface area contributed by atoms with Crippen LogP contribution in [-0.4, -0.2) is 71.6 Å². The number of halogens is 5. The summed E-state index contributed by atoms with van der Waals surface area (Å²) in [5.41, 5.74) is -3.05. The largest absolute Gasteiger partial charge is 0.447 e. The van der Waals surface area contributed by atoms with Crippen molar-refractivity contribution in [3.63, 3.8) is 0 Å². The first-order valence-electron chi connectivity index (χ1n) is 11.7.